The highest BCUT2D eigenvalue weighted by atomic mass is 35.5. The average molecular weight is 369 g/mol. The van der Waals surface area contributed by atoms with E-state index in [4.69, 9.17) is 32.9 Å². The fraction of sp³-hybridized carbons (Fsp3) is 0.0500. The zero-order valence-corrected chi connectivity index (χ0v) is 14.9. The maximum absolute atomic E-state index is 6.15. The van der Waals surface area contributed by atoms with E-state index in [2.05, 4.69) is 5.32 Å². The van der Waals surface area contributed by atoms with Gasteiger partial charge in [0.15, 0.2) is 0 Å². The number of fused-ring (bicyclic) bond motifs is 2. The molecule has 0 aliphatic heterocycles. The smallest absolute Gasteiger partial charge is 0.119 e. The van der Waals surface area contributed by atoms with E-state index < -0.39 is 0 Å². The average Bonchev–Trinajstić information content (AvgIpc) is 2.62. The molecule has 0 aliphatic rings. The fourth-order valence-corrected chi connectivity index (χ4v) is 3.13. The summed E-state index contributed by atoms with van der Waals surface area (Å²) in [5.41, 5.74) is 3.60. The van der Waals surface area contributed by atoms with Gasteiger partial charge in [-0.2, -0.15) is 0 Å². The van der Waals surface area contributed by atoms with Crippen molar-refractivity contribution in [2.75, 3.05) is 12.4 Å². The van der Waals surface area contributed by atoms with E-state index in [-0.39, 0.29) is 0 Å². The summed E-state index contributed by atoms with van der Waals surface area (Å²) in [6, 6.07) is 19.1. The SMILES string of the molecule is COc1ccc2nc3cc(Cl)ccc3c(Nc3ccc(Cl)cc3)c2c1. The molecule has 1 aromatic heterocycles. The molecule has 25 heavy (non-hydrogen) atoms. The Balaban J connectivity index is 1.99. The van der Waals surface area contributed by atoms with E-state index in [1.54, 1.807) is 7.11 Å². The van der Waals surface area contributed by atoms with Crippen molar-refractivity contribution in [2.24, 2.45) is 0 Å². The molecule has 0 atom stereocenters. The van der Waals surface area contributed by atoms with Gasteiger partial charge in [-0.1, -0.05) is 23.2 Å². The van der Waals surface area contributed by atoms with Crippen LogP contribution in [0.2, 0.25) is 10.0 Å². The van der Waals surface area contributed by atoms with E-state index in [0.717, 1.165) is 38.9 Å². The predicted molar refractivity (Wildman–Crippen MR) is 106 cm³/mol. The molecule has 0 radical (unpaired) electrons. The molecular formula is C20H14Cl2N2O. The van der Waals surface area contributed by atoms with Crippen LogP contribution in [-0.2, 0) is 0 Å². The van der Waals surface area contributed by atoms with Gasteiger partial charge >= 0.3 is 0 Å². The molecular weight excluding hydrogens is 355 g/mol. The highest BCUT2D eigenvalue weighted by Crippen LogP contribution is 2.36. The first-order chi connectivity index (χ1) is 12.1. The zero-order valence-electron chi connectivity index (χ0n) is 13.4. The van der Waals surface area contributed by atoms with Gasteiger partial charge in [0.05, 0.1) is 23.8 Å². The third-order valence-electron chi connectivity index (χ3n) is 4.06. The Morgan fingerprint density at radius 2 is 1.56 bits per heavy atom. The van der Waals surface area contributed by atoms with Gasteiger partial charge in [-0.15, -0.1) is 0 Å². The zero-order chi connectivity index (χ0) is 17.4. The lowest BCUT2D eigenvalue weighted by atomic mass is 10.1. The molecule has 0 bridgehead atoms. The highest BCUT2D eigenvalue weighted by Gasteiger charge is 2.11. The number of methoxy groups -OCH3 is 1. The van der Waals surface area contributed by atoms with Crippen LogP contribution >= 0.6 is 23.2 Å². The Labute approximate surface area is 155 Å². The minimum Gasteiger partial charge on any atom is -0.497 e. The predicted octanol–water partition coefficient (Wildman–Crippen LogP) is 6.45. The lowest BCUT2D eigenvalue weighted by molar-refractivity contribution is 0.415. The number of nitrogens with one attached hydrogen (secondary N) is 1. The lowest BCUT2D eigenvalue weighted by Crippen LogP contribution is -1.96. The molecule has 0 aliphatic carbocycles. The maximum Gasteiger partial charge on any atom is 0.119 e. The van der Waals surface area contributed by atoms with Crippen molar-refractivity contribution >= 4 is 56.4 Å². The minimum atomic E-state index is 0.658. The highest BCUT2D eigenvalue weighted by molar-refractivity contribution is 6.31. The van der Waals surface area contributed by atoms with Crippen molar-refractivity contribution in [1.82, 2.24) is 4.98 Å². The first kappa shape index (κ1) is 16.0. The summed E-state index contributed by atoms with van der Waals surface area (Å²) in [5.74, 6) is 0.779. The second-order valence-electron chi connectivity index (χ2n) is 5.66. The summed E-state index contributed by atoms with van der Waals surface area (Å²) in [7, 11) is 1.65. The molecule has 5 heteroatoms. The molecule has 3 nitrogen and oxygen atoms in total. The topological polar surface area (TPSA) is 34.1 Å². The lowest BCUT2D eigenvalue weighted by Gasteiger charge is -2.14. The third-order valence-corrected chi connectivity index (χ3v) is 4.54. The summed E-state index contributed by atoms with van der Waals surface area (Å²) < 4.78 is 5.38. The molecule has 1 N–H and O–H groups in total. The summed E-state index contributed by atoms with van der Waals surface area (Å²) in [6.45, 7) is 0. The first-order valence-electron chi connectivity index (χ1n) is 7.73. The van der Waals surface area contributed by atoms with E-state index >= 15 is 0 Å². The van der Waals surface area contributed by atoms with Crippen molar-refractivity contribution in [3.05, 3.63) is 70.7 Å². The van der Waals surface area contributed by atoms with Crippen LogP contribution in [0.3, 0.4) is 0 Å². The number of hydrogen-bond acceptors (Lipinski definition) is 3. The van der Waals surface area contributed by atoms with Crippen molar-refractivity contribution in [1.29, 1.82) is 0 Å². The van der Waals surface area contributed by atoms with Crippen LogP contribution in [0.5, 0.6) is 5.75 Å². The minimum absolute atomic E-state index is 0.658. The molecule has 1 heterocycles. The van der Waals surface area contributed by atoms with Gasteiger partial charge in [0.25, 0.3) is 0 Å². The molecule has 3 aromatic carbocycles. The van der Waals surface area contributed by atoms with Gasteiger partial charge in [-0.05, 0) is 60.7 Å². The maximum atomic E-state index is 6.15. The van der Waals surface area contributed by atoms with Crippen molar-refractivity contribution in [2.45, 2.75) is 0 Å². The van der Waals surface area contributed by atoms with Gasteiger partial charge in [-0.25, -0.2) is 4.98 Å². The molecule has 0 saturated heterocycles. The molecule has 0 fully saturated rings. The number of halogens is 2. The number of nitrogens with zero attached hydrogens (tertiary/aromatic N) is 1. The van der Waals surface area contributed by atoms with Crippen LogP contribution in [0.15, 0.2) is 60.7 Å². The molecule has 0 saturated carbocycles. The quantitative estimate of drug-likeness (QED) is 0.422. The number of pyridine rings is 1. The largest absolute Gasteiger partial charge is 0.497 e. The summed E-state index contributed by atoms with van der Waals surface area (Å²) in [4.78, 5) is 4.73. The van der Waals surface area contributed by atoms with E-state index in [0.29, 0.717) is 10.0 Å². The van der Waals surface area contributed by atoms with Crippen LogP contribution < -0.4 is 10.1 Å². The van der Waals surface area contributed by atoms with E-state index in [1.165, 1.54) is 0 Å². The Bertz CT molecular complexity index is 1080. The number of ether oxygens (including phenoxy) is 1. The Kier molecular flexibility index (Phi) is 4.12. The van der Waals surface area contributed by atoms with E-state index in [9.17, 15) is 0 Å². The van der Waals surface area contributed by atoms with Crippen LogP contribution in [0, 0.1) is 0 Å². The summed E-state index contributed by atoms with van der Waals surface area (Å²) in [5, 5.41) is 6.81. The van der Waals surface area contributed by atoms with Crippen LogP contribution in [0.4, 0.5) is 11.4 Å². The van der Waals surface area contributed by atoms with Crippen molar-refractivity contribution in [3.8, 4) is 5.75 Å². The Hall–Kier alpha value is -2.49. The molecule has 124 valence electrons. The second kappa shape index (κ2) is 6.43. The summed E-state index contributed by atoms with van der Waals surface area (Å²) in [6.07, 6.45) is 0. The number of hydrogen-bond donors (Lipinski definition) is 1. The molecule has 0 amide bonds. The molecule has 0 spiro atoms. The van der Waals surface area contributed by atoms with Gasteiger partial charge in [0, 0.05) is 26.5 Å². The van der Waals surface area contributed by atoms with Crippen molar-refractivity contribution in [3.63, 3.8) is 0 Å². The number of benzene rings is 3. The Morgan fingerprint density at radius 1 is 0.800 bits per heavy atom. The van der Waals surface area contributed by atoms with E-state index in [1.807, 2.05) is 60.7 Å². The third kappa shape index (κ3) is 3.09. The molecule has 4 aromatic rings. The molecule has 0 unspecified atom stereocenters. The van der Waals surface area contributed by atoms with Gasteiger partial charge in [0.2, 0.25) is 0 Å². The van der Waals surface area contributed by atoms with Crippen LogP contribution in [0.25, 0.3) is 21.8 Å². The normalized spacial score (nSPS) is 11.0. The number of anilines is 2. The standard InChI is InChI=1S/C20H14Cl2N2O/c1-25-15-7-9-18-17(11-15)20(23-14-5-2-12(21)3-6-14)16-8-4-13(22)10-19(16)24-18/h2-11H,1H3,(H,23,24). The number of aromatic nitrogens is 1. The van der Waals surface area contributed by atoms with Crippen LogP contribution in [0.1, 0.15) is 0 Å². The van der Waals surface area contributed by atoms with Crippen molar-refractivity contribution < 1.29 is 4.74 Å². The van der Waals surface area contributed by atoms with Gasteiger partial charge in [0.1, 0.15) is 5.75 Å². The van der Waals surface area contributed by atoms with Gasteiger partial charge < -0.3 is 10.1 Å². The fourth-order valence-electron chi connectivity index (χ4n) is 2.84. The summed E-state index contributed by atoms with van der Waals surface area (Å²) >= 11 is 12.1. The second-order valence-corrected chi connectivity index (χ2v) is 6.54. The molecule has 4 rings (SSSR count). The first-order valence-corrected chi connectivity index (χ1v) is 8.49. The monoisotopic (exact) mass is 368 g/mol. The van der Waals surface area contributed by atoms with Crippen LogP contribution in [-0.4, -0.2) is 12.1 Å². The Morgan fingerprint density at radius 3 is 2.32 bits per heavy atom. The number of rotatable bonds is 3. The van der Waals surface area contributed by atoms with Gasteiger partial charge in [-0.3, -0.25) is 0 Å².